The van der Waals surface area contributed by atoms with Crippen molar-refractivity contribution in [3.63, 3.8) is 0 Å². The summed E-state index contributed by atoms with van der Waals surface area (Å²) >= 11 is 1.84. The molecule has 0 spiro atoms. The molecule has 0 bridgehead atoms. The molecule has 1 aromatic rings. The standard InChI is InChI=1S/C16H20OS/c1-16(10-5-11-18-16)15(17)14-9-3-2-8-13(14)12-6-4-7-12/h2-3,8-9,12H,4-7,10-11H2,1H3. The molecule has 1 aliphatic heterocycles. The third kappa shape index (κ3) is 2.01. The van der Waals surface area contributed by atoms with E-state index >= 15 is 0 Å². The SMILES string of the molecule is CC1(C(=O)c2ccccc2C2CCC2)CCCS1. The van der Waals surface area contributed by atoms with Gasteiger partial charge in [-0.2, -0.15) is 0 Å². The van der Waals surface area contributed by atoms with Crippen molar-refractivity contribution in [1.82, 2.24) is 0 Å². The highest BCUT2D eigenvalue weighted by Gasteiger charge is 2.39. The molecule has 1 saturated carbocycles. The van der Waals surface area contributed by atoms with E-state index in [0.717, 1.165) is 17.7 Å². The van der Waals surface area contributed by atoms with E-state index in [4.69, 9.17) is 0 Å². The third-order valence-corrected chi connectivity index (χ3v) is 5.97. The molecule has 1 aromatic carbocycles. The van der Waals surface area contributed by atoms with Gasteiger partial charge >= 0.3 is 0 Å². The first-order valence-corrected chi connectivity index (χ1v) is 7.97. The van der Waals surface area contributed by atoms with Crippen molar-refractivity contribution >= 4 is 17.5 Å². The number of hydrogen-bond donors (Lipinski definition) is 0. The molecule has 1 saturated heterocycles. The fourth-order valence-electron chi connectivity index (χ4n) is 3.02. The van der Waals surface area contributed by atoms with E-state index in [1.54, 1.807) is 0 Å². The maximum absolute atomic E-state index is 12.8. The van der Waals surface area contributed by atoms with Crippen LogP contribution in [0.5, 0.6) is 0 Å². The zero-order valence-corrected chi connectivity index (χ0v) is 11.8. The van der Waals surface area contributed by atoms with Crippen molar-refractivity contribution in [3.05, 3.63) is 35.4 Å². The minimum Gasteiger partial charge on any atom is -0.293 e. The van der Waals surface area contributed by atoms with Gasteiger partial charge in [0.1, 0.15) is 0 Å². The first-order valence-electron chi connectivity index (χ1n) is 6.98. The van der Waals surface area contributed by atoms with Gasteiger partial charge in [-0.3, -0.25) is 4.79 Å². The molecule has 3 rings (SSSR count). The van der Waals surface area contributed by atoms with Crippen LogP contribution in [0.2, 0.25) is 0 Å². The first-order chi connectivity index (χ1) is 8.71. The summed E-state index contributed by atoms with van der Waals surface area (Å²) in [5, 5.41) is 0. The van der Waals surface area contributed by atoms with E-state index in [-0.39, 0.29) is 4.75 Å². The lowest BCUT2D eigenvalue weighted by Gasteiger charge is -2.30. The van der Waals surface area contributed by atoms with Gasteiger partial charge in [0.15, 0.2) is 5.78 Å². The Bertz CT molecular complexity index is 456. The number of carbonyl (C=O) groups excluding carboxylic acids is 1. The zero-order chi connectivity index (χ0) is 12.6. The summed E-state index contributed by atoms with van der Waals surface area (Å²) in [6.45, 7) is 2.13. The van der Waals surface area contributed by atoms with Gasteiger partial charge in [0.25, 0.3) is 0 Å². The fourth-order valence-corrected chi connectivity index (χ4v) is 4.29. The molecule has 2 heteroatoms. The van der Waals surface area contributed by atoms with Gasteiger partial charge in [0.2, 0.25) is 0 Å². The quantitative estimate of drug-likeness (QED) is 0.748. The van der Waals surface area contributed by atoms with Crippen LogP contribution < -0.4 is 0 Å². The molecule has 2 aliphatic rings. The lowest BCUT2D eigenvalue weighted by Crippen LogP contribution is -2.30. The fraction of sp³-hybridized carbons (Fsp3) is 0.562. The van der Waals surface area contributed by atoms with E-state index in [1.165, 1.54) is 31.2 Å². The lowest BCUT2D eigenvalue weighted by molar-refractivity contribution is 0.0947. The van der Waals surface area contributed by atoms with E-state index in [2.05, 4.69) is 19.1 Å². The normalized spacial score (nSPS) is 28.1. The highest BCUT2D eigenvalue weighted by molar-refractivity contribution is 8.01. The van der Waals surface area contributed by atoms with E-state index in [9.17, 15) is 4.79 Å². The maximum Gasteiger partial charge on any atom is 0.178 e. The van der Waals surface area contributed by atoms with Crippen LogP contribution in [0.15, 0.2) is 24.3 Å². The van der Waals surface area contributed by atoms with Gasteiger partial charge in [-0.15, -0.1) is 11.8 Å². The number of carbonyl (C=O) groups is 1. The number of Topliss-reactive ketones (excluding diaryl/α,β-unsaturated/α-hetero) is 1. The number of rotatable bonds is 3. The average Bonchev–Trinajstić information content (AvgIpc) is 2.75. The molecular weight excluding hydrogens is 240 g/mol. The zero-order valence-electron chi connectivity index (χ0n) is 10.9. The summed E-state index contributed by atoms with van der Waals surface area (Å²) in [6, 6.07) is 8.30. The van der Waals surface area contributed by atoms with Crippen molar-refractivity contribution in [1.29, 1.82) is 0 Å². The molecule has 18 heavy (non-hydrogen) atoms. The van der Waals surface area contributed by atoms with Crippen LogP contribution in [0.1, 0.15) is 60.9 Å². The highest BCUT2D eigenvalue weighted by Crippen LogP contribution is 2.43. The topological polar surface area (TPSA) is 17.1 Å². The Morgan fingerprint density at radius 2 is 2.06 bits per heavy atom. The Morgan fingerprint density at radius 1 is 1.28 bits per heavy atom. The van der Waals surface area contributed by atoms with Crippen LogP contribution in [-0.2, 0) is 0 Å². The van der Waals surface area contributed by atoms with Gasteiger partial charge in [-0.1, -0.05) is 30.7 Å². The second-order valence-electron chi connectivity index (χ2n) is 5.73. The molecule has 0 N–H and O–H groups in total. The molecular formula is C16H20OS. The molecule has 0 aromatic heterocycles. The van der Waals surface area contributed by atoms with Crippen molar-refractivity contribution in [2.75, 3.05) is 5.75 Å². The monoisotopic (exact) mass is 260 g/mol. The molecule has 96 valence electrons. The molecule has 0 amide bonds. The summed E-state index contributed by atoms with van der Waals surface area (Å²) in [7, 11) is 0. The van der Waals surface area contributed by atoms with Crippen LogP contribution in [0.25, 0.3) is 0 Å². The van der Waals surface area contributed by atoms with Crippen LogP contribution in [-0.4, -0.2) is 16.3 Å². The predicted molar refractivity (Wildman–Crippen MR) is 77.5 cm³/mol. The van der Waals surface area contributed by atoms with Crippen molar-refractivity contribution in [2.45, 2.75) is 49.7 Å². The average molecular weight is 260 g/mol. The Morgan fingerprint density at radius 3 is 2.67 bits per heavy atom. The van der Waals surface area contributed by atoms with Crippen LogP contribution >= 0.6 is 11.8 Å². The molecule has 1 aliphatic carbocycles. The number of thioether (sulfide) groups is 1. The summed E-state index contributed by atoms with van der Waals surface area (Å²) in [6.07, 6.45) is 6.05. The summed E-state index contributed by atoms with van der Waals surface area (Å²) in [5.74, 6) is 2.14. The largest absolute Gasteiger partial charge is 0.293 e. The molecule has 0 radical (unpaired) electrons. The molecule has 1 heterocycles. The smallest absolute Gasteiger partial charge is 0.178 e. The summed E-state index contributed by atoms with van der Waals surface area (Å²) < 4.78 is -0.167. The molecule has 1 unspecified atom stereocenters. The highest BCUT2D eigenvalue weighted by atomic mass is 32.2. The van der Waals surface area contributed by atoms with Gasteiger partial charge < -0.3 is 0 Å². The van der Waals surface area contributed by atoms with Crippen molar-refractivity contribution in [3.8, 4) is 0 Å². The van der Waals surface area contributed by atoms with Crippen molar-refractivity contribution in [2.24, 2.45) is 0 Å². The van der Waals surface area contributed by atoms with Gasteiger partial charge in [0.05, 0.1) is 4.75 Å². The number of ketones is 1. The van der Waals surface area contributed by atoms with Crippen LogP contribution in [0.4, 0.5) is 0 Å². The number of benzene rings is 1. The first kappa shape index (κ1) is 12.3. The molecule has 2 fully saturated rings. The summed E-state index contributed by atoms with van der Waals surface area (Å²) in [5.41, 5.74) is 2.31. The molecule has 1 nitrogen and oxygen atoms in total. The second kappa shape index (κ2) is 4.73. The number of hydrogen-bond acceptors (Lipinski definition) is 2. The van der Waals surface area contributed by atoms with Crippen molar-refractivity contribution < 1.29 is 4.79 Å². The van der Waals surface area contributed by atoms with E-state index in [1.807, 2.05) is 23.9 Å². The summed E-state index contributed by atoms with van der Waals surface area (Å²) in [4.78, 5) is 12.8. The third-order valence-electron chi connectivity index (χ3n) is 4.45. The Labute approximate surface area is 113 Å². The van der Waals surface area contributed by atoms with Crippen LogP contribution in [0.3, 0.4) is 0 Å². The maximum atomic E-state index is 12.8. The minimum atomic E-state index is -0.167. The Balaban J connectivity index is 1.93. The van der Waals surface area contributed by atoms with Gasteiger partial charge in [-0.05, 0) is 49.8 Å². The van der Waals surface area contributed by atoms with Crippen LogP contribution in [0, 0.1) is 0 Å². The Hall–Kier alpha value is -0.760. The Kier molecular flexibility index (Phi) is 3.23. The molecule has 1 atom stereocenters. The lowest BCUT2D eigenvalue weighted by atomic mass is 9.76. The van der Waals surface area contributed by atoms with E-state index < -0.39 is 0 Å². The van der Waals surface area contributed by atoms with Gasteiger partial charge in [0, 0.05) is 5.56 Å². The van der Waals surface area contributed by atoms with Gasteiger partial charge in [-0.25, -0.2) is 0 Å². The van der Waals surface area contributed by atoms with E-state index in [0.29, 0.717) is 11.7 Å². The second-order valence-corrected chi connectivity index (χ2v) is 7.33. The predicted octanol–water partition coefficient (Wildman–Crippen LogP) is 4.42. The minimum absolute atomic E-state index is 0.167.